The Labute approximate surface area is 135 Å². The zero-order valence-electron chi connectivity index (χ0n) is 14.8. The quantitative estimate of drug-likeness (QED) is 0.723. The minimum atomic E-state index is 0.284. The van der Waals surface area contributed by atoms with Crippen LogP contribution in [0.2, 0.25) is 0 Å². The van der Waals surface area contributed by atoms with Crippen LogP contribution in [0.5, 0.6) is 0 Å². The Hall–Kier alpha value is -1.57. The lowest BCUT2D eigenvalue weighted by Crippen LogP contribution is -2.18. The summed E-state index contributed by atoms with van der Waals surface area (Å²) in [6.07, 6.45) is 7.28. The Bertz CT molecular complexity index is 574. The van der Waals surface area contributed by atoms with Crippen molar-refractivity contribution in [1.29, 1.82) is 0 Å². The maximum absolute atomic E-state index is 4.30. The van der Waals surface area contributed by atoms with Crippen LogP contribution in [-0.2, 0) is 19.4 Å². The van der Waals surface area contributed by atoms with Gasteiger partial charge in [-0.1, -0.05) is 58.9 Å². The van der Waals surface area contributed by atoms with E-state index >= 15 is 0 Å². The third kappa shape index (κ3) is 5.67. The summed E-state index contributed by atoms with van der Waals surface area (Å²) in [4.78, 5) is 0. The van der Waals surface area contributed by atoms with Gasteiger partial charge in [-0.3, -0.25) is 4.68 Å². The normalized spacial score (nSPS) is 12.6. The lowest BCUT2D eigenvalue weighted by atomic mass is 9.81. The molecule has 0 unspecified atom stereocenters. The van der Waals surface area contributed by atoms with E-state index in [1.165, 1.54) is 11.1 Å². The monoisotopic (exact) mass is 298 g/mol. The minimum Gasteiger partial charge on any atom is -0.273 e. The second-order valence-corrected chi connectivity index (χ2v) is 8.42. The van der Waals surface area contributed by atoms with Gasteiger partial charge in [0.15, 0.2) is 0 Å². The van der Waals surface area contributed by atoms with Gasteiger partial charge >= 0.3 is 0 Å². The summed E-state index contributed by atoms with van der Waals surface area (Å²) in [5.74, 6) is 0. The second-order valence-electron chi connectivity index (χ2n) is 8.42. The molecule has 0 radical (unpaired) electrons. The third-order valence-corrected chi connectivity index (χ3v) is 3.99. The lowest BCUT2D eigenvalue weighted by molar-refractivity contribution is 0.304. The fourth-order valence-electron chi connectivity index (χ4n) is 2.95. The van der Waals surface area contributed by atoms with Crippen LogP contribution in [0.3, 0.4) is 0 Å². The predicted molar refractivity (Wildman–Crippen MR) is 93.9 cm³/mol. The Morgan fingerprint density at radius 1 is 0.955 bits per heavy atom. The molecule has 2 nitrogen and oxygen atoms in total. The van der Waals surface area contributed by atoms with Crippen LogP contribution < -0.4 is 0 Å². The third-order valence-electron chi connectivity index (χ3n) is 3.99. The van der Waals surface area contributed by atoms with E-state index in [9.17, 15) is 0 Å². The van der Waals surface area contributed by atoms with Crippen LogP contribution in [0.25, 0.3) is 0 Å². The van der Waals surface area contributed by atoms with Crippen molar-refractivity contribution in [2.45, 2.75) is 60.4 Å². The molecule has 0 aliphatic carbocycles. The molecular formula is C20H30N2. The van der Waals surface area contributed by atoms with Gasteiger partial charge in [0.2, 0.25) is 0 Å². The standard InChI is InChI=1S/C20H30N2/c1-19(2,3)15-17-8-6-9-18(14-17)16-20(4,5)10-13-22-12-7-11-21-22/h6-9,11-12,14H,10,13,15-16H2,1-5H3. The van der Waals surface area contributed by atoms with E-state index < -0.39 is 0 Å². The van der Waals surface area contributed by atoms with Gasteiger partial charge in [-0.2, -0.15) is 5.10 Å². The Morgan fingerprint density at radius 2 is 1.64 bits per heavy atom. The molecule has 1 heterocycles. The van der Waals surface area contributed by atoms with Gasteiger partial charge in [0, 0.05) is 18.9 Å². The topological polar surface area (TPSA) is 17.8 Å². The lowest BCUT2D eigenvalue weighted by Gasteiger charge is -2.25. The summed E-state index contributed by atoms with van der Waals surface area (Å²) < 4.78 is 2.03. The fourth-order valence-corrected chi connectivity index (χ4v) is 2.95. The fraction of sp³-hybridized carbons (Fsp3) is 0.550. The Balaban J connectivity index is 1.97. The number of hydrogen-bond donors (Lipinski definition) is 0. The maximum Gasteiger partial charge on any atom is 0.0489 e. The molecule has 0 atom stereocenters. The molecule has 0 fully saturated rings. The van der Waals surface area contributed by atoms with Crippen LogP contribution in [0.4, 0.5) is 0 Å². The van der Waals surface area contributed by atoms with Gasteiger partial charge in [0.1, 0.15) is 0 Å². The van der Waals surface area contributed by atoms with Crippen LogP contribution >= 0.6 is 0 Å². The first-order valence-corrected chi connectivity index (χ1v) is 8.29. The van der Waals surface area contributed by atoms with Crippen molar-refractivity contribution in [3.05, 3.63) is 53.9 Å². The molecule has 120 valence electrons. The highest BCUT2D eigenvalue weighted by molar-refractivity contribution is 5.25. The van der Waals surface area contributed by atoms with Crippen LogP contribution in [-0.4, -0.2) is 9.78 Å². The van der Waals surface area contributed by atoms with E-state index in [1.54, 1.807) is 0 Å². The van der Waals surface area contributed by atoms with Crippen LogP contribution in [0, 0.1) is 10.8 Å². The van der Waals surface area contributed by atoms with Gasteiger partial charge in [-0.05, 0) is 47.3 Å². The summed E-state index contributed by atoms with van der Waals surface area (Å²) in [6, 6.07) is 11.1. The van der Waals surface area contributed by atoms with Crippen molar-refractivity contribution < 1.29 is 0 Å². The van der Waals surface area contributed by atoms with Crippen molar-refractivity contribution >= 4 is 0 Å². The van der Waals surface area contributed by atoms with Gasteiger partial charge in [0.05, 0.1) is 0 Å². The summed E-state index contributed by atoms with van der Waals surface area (Å²) in [5.41, 5.74) is 3.53. The molecular weight excluding hydrogens is 268 g/mol. The molecule has 0 saturated carbocycles. The van der Waals surface area contributed by atoms with Gasteiger partial charge in [0.25, 0.3) is 0 Å². The molecule has 2 aromatic rings. The Morgan fingerprint density at radius 3 is 2.23 bits per heavy atom. The molecule has 2 heteroatoms. The van der Waals surface area contributed by atoms with Crippen molar-refractivity contribution in [2.24, 2.45) is 10.8 Å². The van der Waals surface area contributed by atoms with Crippen molar-refractivity contribution in [3.8, 4) is 0 Å². The smallest absolute Gasteiger partial charge is 0.0489 e. The molecule has 0 N–H and O–H groups in total. The number of nitrogens with zero attached hydrogens (tertiary/aromatic N) is 2. The summed E-state index contributed by atoms with van der Waals surface area (Å²) in [6.45, 7) is 12.6. The molecule has 0 aliphatic heterocycles. The number of hydrogen-bond acceptors (Lipinski definition) is 1. The highest BCUT2D eigenvalue weighted by atomic mass is 15.3. The average Bonchev–Trinajstić information content (AvgIpc) is 2.87. The van der Waals surface area contributed by atoms with E-state index in [0.717, 1.165) is 25.8 Å². The van der Waals surface area contributed by atoms with E-state index in [-0.39, 0.29) is 5.41 Å². The molecule has 0 spiro atoms. The summed E-state index contributed by atoms with van der Waals surface area (Å²) >= 11 is 0. The summed E-state index contributed by atoms with van der Waals surface area (Å²) in [5, 5.41) is 4.30. The molecule has 0 saturated heterocycles. The predicted octanol–water partition coefficient (Wildman–Crippen LogP) is 5.13. The largest absolute Gasteiger partial charge is 0.273 e. The van der Waals surface area contributed by atoms with Gasteiger partial charge in [-0.25, -0.2) is 0 Å². The van der Waals surface area contributed by atoms with Crippen LogP contribution in [0.1, 0.15) is 52.2 Å². The van der Waals surface area contributed by atoms with Crippen molar-refractivity contribution in [2.75, 3.05) is 0 Å². The first kappa shape index (κ1) is 16.8. The molecule has 1 aromatic heterocycles. The van der Waals surface area contributed by atoms with Crippen molar-refractivity contribution in [3.63, 3.8) is 0 Å². The number of rotatable bonds is 6. The van der Waals surface area contributed by atoms with E-state index in [0.29, 0.717) is 5.41 Å². The van der Waals surface area contributed by atoms with Crippen molar-refractivity contribution in [1.82, 2.24) is 9.78 Å². The first-order valence-electron chi connectivity index (χ1n) is 8.29. The van der Waals surface area contributed by atoms with E-state index in [1.807, 2.05) is 23.1 Å². The molecule has 2 rings (SSSR count). The van der Waals surface area contributed by atoms with Gasteiger partial charge < -0.3 is 0 Å². The number of aromatic nitrogens is 2. The number of benzene rings is 1. The second kappa shape index (κ2) is 6.68. The first-order chi connectivity index (χ1) is 10.2. The Kier molecular flexibility index (Phi) is 5.10. The zero-order chi connectivity index (χ0) is 16.2. The average molecular weight is 298 g/mol. The molecule has 22 heavy (non-hydrogen) atoms. The SMILES string of the molecule is CC(C)(C)Cc1cccc(CC(C)(C)CCn2cccn2)c1. The van der Waals surface area contributed by atoms with E-state index in [2.05, 4.69) is 64.0 Å². The highest BCUT2D eigenvalue weighted by Gasteiger charge is 2.19. The minimum absolute atomic E-state index is 0.284. The molecule has 1 aromatic carbocycles. The molecule has 0 aliphatic rings. The van der Waals surface area contributed by atoms with Gasteiger partial charge in [-0.15, -0.1) is 0 Å². The summed E-state index contributed by atoms with van der Waals surface area (Å²) in [7, 11) is 0. The maximum atomic E-state index is 4.30. The van der Waals surface area contributed by atoms with E-state index in [4.69, 9.17) is 0 Å². The zero-order valence-corrected chi connectivity index (χ0v) is 14.8. The number of aryl methyl sites for hydroxylation is 1. The highest BCUT2D eigenvalue weighted by Crippen LogP contribution is 2.28. The van der Waals surface area contributed by atoms with Crippen LogP contribution in [0.15, 0.2) is 42.7 Å². The molecule has 0 amide bonds. The molecule has 0 bridgehead atoms.